The number of pyridine rings is 1. The minimum Gasteiger partial charge on any atom is -0.469 e. The second-order valence-corrected chi connectivity index (χ2v) is 6.32. The number of aromatic nitrogens is 1. The van der Waals surface area contributed by atoms with Gasteiger partial charge in [0.2, 0.25) is 0 Å². The van der Waals surface area contributed by atoms with E-state index in [4.69, 9.17) is 13.9 Å². The Labute approximate surface area is 144 Å². The van der Waals surface area contributed by atoms with Crippen LogP contribution in [0.3, 0.4) is 0 Å². The normalized spacial score (nSPS) is 25.7. The van der Waals surface area contributed by atoms with Gasteiger partial charge in [-0.1, -0.05) is 0 Å². The van der Waals surface area contributed by atoms with Crippen LogP contribution in [0.15, 0.2) is 35.1 Å². The molecule has 2 aromatic rings. The summed E-state index contributed by atoms with van der Waals surface area (Å²) >= 11 is 0. The SMILES string of the molecule is Cc1occc1C(=O)N1CCOC2CCC1C2Oc1ncccc1F. The minimum atomic E-state index is -0.519. The Morgan fingerprint density at radius 3 is 3.04 bits per heavy atom. The van der Waals surface area contributed by atoms with E-state index in [1.54, 1.807) is 17.9 Å². The van der Waals surface area contributed by atoms with Crippen LogP contribution in [0.2, 0.25) is 0 Å². The van der Waals surface area contributed by atoms with E-state index in [0.717, 1.165) is 12.8 Å². The monoisotopic (exact) mass is 346 g/mol. The van der Waals surface area contributed by atoms with Gasteiger partial charge >= 0.3 is 0 Å². The van der Waals surface area contributed by atoms with Crippen LogP contribution in [-0.4, -0.2) is 47.2 Å². The molecule has 6 nitrogen and oxygen atoms in total. The average Bonchev–Trinajstić information content (AvgIpc) is 3.13. The zero-order chi connectivity index (χ0) is 17.4. The summed E-state index contributed by atoms with van der Waals surface area (Å²) in [5, 5.41) is 0. The number of ether oxygens (including phenoxy) is 2. The van der Waals surface area contributed by atoms with E-state index < -0.39 is 11.9 Å². The number of carbonyl (C=O) groups is 1. The largest absolute Gasteiger partial charge is 0.469 e. The van der Waals surface area contributed by atoms with Crippen LogP contribution >= 0.6 is 0 Å². The van der Waals surface area contributed by atoms with Gasteiger partial charge in [-0.15, -0.1) is 0 Å². The van der Waals surface area contributed by atoms with E-state index in [0.29, 0.717) is 24.5 Å². The van der Waals surface area contributed by atoms with Crippen LogP contribution in [-0.2, 0) is 4.74 Å². The second kappa shape index (κ2) is 6.48. The number of aryl methyl sites for hydroxylation is 1. The number of hydrogen-bond acceptors (Lipinski definition) is 5. The van der Waals surface area contributed by atoms with Gasteiger partial charge in [0.15, 0.2) is 5.82 Å². The predicted molar refractivity (Wildman–Crippen MR) is 85.9 cm³/mol. The summed E-state index contributed by atoms with van der Waals surface area (Å²) in [6.07, 6.45) is 3.88. The van der Waals surface area contributed by atoms with Gasteiger partial charge in [-0.05, 0) is 38.0 Å². The molecule has 3 atom stereocenters. The fourth-order valence-electron chi connectivity index (χ4n) is 3.65. The van der Waals surface area contributed by atoms with Gasteiger partial charge in [0.1, 0.15) is 11.9 Å². The van der Waals surface area contributed by atoms with Crippen molar-refractivity contribution in [3.63, 3.8) is 0 Å². The van der Waals surface area contributed by atoms with Gasteiger partial charge in [0, 0.05) is 12.7 Å². The third kappa shape index (κ3) is 2.89. The molecule has 2 fully saturated rings. The van der Waals surface area contributed by atoms with E-state index in [2.05, 4.69) is 4.98 Å². The number of halogens is 1. The van der Waals surface area contributed by atoms with Gasteiger partial charge < -0.3 is 18.8 Å². The standard InChI is InChI=1S/C18H19FN2O4/c1-11-12(6-9-23-11)18(22)21-8-10-24-15-5-4-14(21)16(15)25-17-13(19)3-2-7-20-17/h2-3,6-7,9,14-16H,4-5,8,10H2,1H3. The first-order valence-electron chi connectivity index (χ1n) is 8.39. The number of amides is 1. The lowest BCUT2D eigenvalue weighted by Gasteiger charge is -2.31. The van der Waals surface area contributed by atoms with Crippen LogP contribution < -0.4 is 4.74 Å². The topological polar surface area (TPSA) is 64.8 Å². The first-order valence-corrected chi connectivity index (χ1v) is 8.39. The molecule has 2 bridgehead atoms. The molecule has 132 valence electrons. The van der Waals surface area contributed by atoms with Crippen molar-refractivity contribution in [2.75, 3.05) is 13.2 Å². The molecule has 2 aromatic heterocycles. The van der Waals surface area contributed by atoms with Crippen molar-refractivity contribution in [1.82, 2.24) is 9.88 Å². The zero-order valence-electron chi connectivity index (χ0n) is 13.9. The van der Waals surface area contributed by atoms with Crippen molar-refractivity contribution in [3.8, 4) is 5.88 Å². The highest BCUT2D eigenvalue weighted by atomic mass is 19.1. The van der Waals surface area contributed by atoms with Gasteiger partial charge in [0.05, 0.1) is 30.6 Å². The Balaban J connectivity index is 1.61. The summed E-state index contributed by atoms with van der Waals surface area (Å²) in [6.45, 7) is 2.65. The van der Waals surface area contributed by atoms with Crippen molar-refractivity contribution in [1.29, 1.82) is 0 Å². The maximum atomic E-state index is 13.9. The van der Waals surface area contributed by atoms with Crippen molar-refractivity contribution < 1.29 is 23.1 Å². The molecule has 0 N–H and O–H groups in total. The molecule has 3 heterocycles. The third-order valence-electron chi connectivity index (χ3n) is 4.88. The lowest BCUT2D eigenvalue weighted by atomic mass is 10.1. The Kier molecular flexibility index (Phi) is 4.17. The molecule has 25 heavy (non-hydrogen) atoms. The molecule has 1 saturated carbocycles. The minimum absolute atomic E-state index is 0.0539. The Morgan fingerprint density at radius 2 is 2.28 bits per heavy atom. The Hall–Kier alpha value is -2.41. The number of hydrogen-bond donors (Lipinski definition) is 0. The summed E-state index contributed by atoms with van der Waals surface area (Å²) in [6, 6.07) is 4.30. The molecular formula is C18H19FN2O4. The molecule has 0 radical (unpaired) electrons. The molecular weight excluding hydrogens is 327 g/mol. The van der Waals surface area contributed by atoms with Gasteiger partial charge in [0.25, 0.3) is 11.8 Å². The van der Waals surface area contributed by atoms with Gasteiger partial charge in [-0.25, -0.2) is 9.37 Å². The first kappa shape index (κ1) is 16.1. The van der Waals surface area contributed by atoms with Crippen LogP contribution in [0.5, 0.6) is 5.88 Å². The molecule has 0 spiro atoms. The molecule has 1 saturated heterocycles. The van der Waals surface area contributed by atoms with E-state index >= 15 is 0 Å². The lowest BCUT2D eigenvalue weighted by Crippen LogP contribution is -2.47. The Bertz CT molecular complexity index is 778. The van der Waals surface area contributed by atoms with Crippen LogP contribution in [0.1, 0.15) is 29.0 Å². The molecule has 0 aromatic carbocycles. The van der Waals surface area contributed by atoms with Crippen molar-refractivity contribution in [3.05, 3.63) is 47.8 Å². The molecule has 1 aliphatic heterocycles. The van der Waals surface area contributed by atoms with Gasteiger partial charge in [-0.2, -0.15) is 0 Å². The molecule has 2 aliphatic rings. The van der Waals surface area contributed by atoms with Crippen LogP contribution in [0.4, 0.5) is 4.39 Å². The fraction of sp³-hybridized carbons (Fsp3) is 0.444. The van der Waals surface area contributed by atoms with E-state index in [-0.39, 0.29) is 23.9 Å². The third-order valence-corrected chi connectivity index (χ3v) is 4.88. The summed E-state index contributed by atoms with van der Waals surface area (Å²) in [5.41, 5.74) is 0.535. The summed E-state index contributed by atoms with van der Waals surface area (Å²) < 4.78 is 30.9. The van der Waals surface area contributed by atoms with Crippen LogP contribution in [0.25, 0.3) is 0 Å². The fourth-order valence-corrected chi connectivity index (χ4v) is 3.65. The summed E-state index contributed by atoms with van der Waals surface area (Å²) in [4.78, 5) is 18.7. The molecule has 1 aliphatic carbocycles. The molecule has 1 amide bonds. The van der Waals surface area contributed by atoms with Crippen molar-refractivity contribution in [2.24, 2.45) is 0 Å². The molecule has 7 heteroatoms. The quantitative estimate of drug-likeness (QED) is 0.855. The lowest BCUT2D eigenvalue weighted by molar-refractivity contribution is 0.000307. The Morgan fingerprint density at radius 1 is 1.40 bits per heavy atom. The number of nitrogens with zero attached hydrogens (tertiary/aromatic N) is 2. The highest BCUT2D eigenvalue weighted by Gasteiger charge is 2.46. The van der Waals surface area contributed by atoms with E-state index in [1.165, 1.54) is 24.6 Å². The first-order chi connectivity index (χ1) is 12.1. The molecule has 4 rings (SSSR count). The van der Waals surface area contributed by atoms with Crippen molar-refractivity contribution in [2.45, 2.75) is 38.0 Å². The van der Waals surface area contributed by atoms with Gasteiger partial charge in [-0.3, -0.25) is 4.79 Å². The number of rotatable bonds is 3. The maximum absolute atomic E-state index is 13.9. The average molecular weight is 346 g/mol. The predicted octanol–water partition coefficient (Wildman–Crippen LogP) is 2.57. The van der Waals surface area contributed by atoms with E-state index in [9.17, 15) is 9.18 Å². The molecule has 3 unspecified atom stereocenters. The summed E-state index contributed by atoms with van der Waals surface area (Å²) in [5.74, 6) is -0.105. The highest BCUT2D eigenvalue weighted by Crippen LogP contribution is 2.34. The smallest absolute Gasteiger partial charge is 0.257 e. The van der Waals surface area contributed by atoms with E-state index in [1.807, 2.05) is 0 Å². The number of carbonyl (C=O) groups excluding carboxylic acids is 1. The number of fused-ring (bicyclic) bond motifs is 2. The maximum Gasteiger partial charge on any atom is 0.257 e. The number of furan rings is 1. The second-order valence-electron chi connectivity index (χ2n) is 6.32. The highest BCUT2D eigenvalue weighted by molar-refractivity contribution is 5.95. The van der Waals surface area contributed by atoms with Crippen LogP contribution in [0, 0.1) is 12.7 Å². The zero-order valence-corrected chi connectivity index (χ0v) is 13.9. The van der Waals surface area contributed by atoms with Crippen molar-refractivity contribution >= 4 is 5.91 Å². The summed E-state index contributed by atoms with van der Waals surface area (Å²) in [7, 11) is 0.